The van der Waals surface area contributed by atoms with Crippen LogP contribution < -0.4 is 0 Å². The lowest BCUT2D eigenvalue weighted by atomic mass is 10.0. The minimum Gasteiger partial charge on any atom is -0.478 e. The Morgan fingerprint density at radius 2 is 2.21 bits per heavy atom. The van der Waals surface area contributed by atoms with Crippen LogP contribution in [-0.2, 0) is 6.42 Å². The fourth-order valence-electron chi connectivity index (χ4n) is 2.34. The van der Waals surface area contributed by atoms with Crippen molar-refractivity contribution < 1.29 is 9.90 Å². The number of nitrogens with zero attached hydrogens (tertiary/aromatic N) is 1. The van der Waals surface area contributed by atoms with Crippen molar-refractivity contribution in [2.24, 2.45) is 0 Å². The molecule has 1 N–H and O–H groups in total. The molecule has 0 aliphatic carbocycles. The zero-order valence-electron chi connectivity index (χ0n) is 11.0. The number of rotatable bonds is 4. The molecule has 0 unspecified atom stereocenters. The number of fused-ring (bicyclic) bond motifs is 1. The van der Waals surface area contributed by atoms with Gasteiger partial charge in [0.1, 0.15) is 0 Å². The van der Waals surface area contributed by atoms with Crippen LogP contribution in [0.4, 0.5) is 0 Å². The lowest BCUT2D eigenvalue weighted by Crippen LogP contribution is -2.00. The Bertz CT molecular complexity index is 656. The second-order valence-corrected chi connectivity index (χ2v) is 5.24. The standard InChI is InChI=1S/C15H16ClNO2/c1-4-5-10-8-17(9(2)3)13-7-11(16)6-12(14(10)13)15(18)19/h4,6-9H,1,5H2,2-3H3,(H,18,19). The van der Waals surface area contributed by atoms with Crippen molar-refractivity contribution in [2.45, 2.75) is 26.3 Å². The molecule has 4 heteroatoms. The Balaban J connectivity index is 2.88. The Kier molecular flexibility index (Phi) is 3.67. The number of carbonyl (C=O) groups is 1. The molecular formula is C15H16ClNO2. The van der Waals surface area contributed by atoms with E-state index in [9.17, 15) is 9.90 Å². The van der Waals surface area contributed by atoms with Gasteiger partial charge in [0.15, 0.2) is 0 Å². The number of halogens is 1. The average molecular weight is 278 g/mol. The van der Waals surface area contributed by atoms with Crippen molar-refractivity contribution in [3.8, 4) is 0 Å². The molecular weight excluding hydrogens is 262 g/mol. The van der Waals surface area contributed by atoms with E-state index in [0.29, 0.717) is 11.4 Å². The van der Waals surface area contributed by atoms with Gasteiger partial charge < -0.3 is 9.67 Å². The van der Waals surface area contributed by atoms with Crippen LogP contribution in [-0.4, -0.2) is 15.6 Å². The molecule has 19 heavy (non-hydrogen) atoms. The third-order valence-electron chi connectivity index (χ3n) is 3.13. The molecule has 100 valence electrons. The summed E-state index contributed by atoms with van der Waals surface area (Å²) in [6.07, 6.45) is 4.40. The van der Waals surface area contributed by atoms with E-state index in [1.807, 2.05) is 16.8 Å². The van der Waals surface area contributed by atoms with Gasteiger partial charge in [-0.15, -0.1) is 6.58 Å². The van der Waals surface area contributed by atoms with Crippen LogP contribution in [0.1, 0.15) is 35.8 Å². The van der Waals surface area contributed by atoms with E-state index < -0.39 is 5.97 Å². The van der Waals surface area contributed by atoms with Crippen molar-refractivity contribution in [3.63, 3.8) is 0 Å². The van der Waals surface area contributed by atoms with E-state index in [1.165, 1.54) is 6.07 Å². The number of hydrogen-bond donors (Lipinski definition) is 1. The molecule has 0 radical (unpaired) electrons. The van der Waals surface area contributed by atoms with Gasteiger partial charge in [-0.3, -0.25) is 0 Å². The fraction of sp³-hybridized carbons (Fsp3) is 0.267. The zero-order valence-corrected chi connectivity index (χ0v) is 11.7. The second-order valence-electron chi connectivity index (χ2n) is 4.80. The SMILES string of the molecule is C=CCc1cn(C(C)C)c2cc(Cl)cc(C(=O)O)c12. The summed E-state index contributed by atoms with van der Waals surface area (Å²) in [5.41, 5.74) is 2.07. The number of hydrogen-bond acceptors (Lipinski definition) is 1. The van der Waals surface area contributed by atoms with Crippen molar-refractivity contribution in [1.29, 1.82) is 0 Å². The number of carboxylic acid groups (broad SMARTS) is 1. The van der Waals surface area contributed by atoms with Crippen LogP contribution in [0.2, 0.25) is 5.02 Å². The highest BCUT2D eigenvalue weighted by Gasteiger charge is 2.18. The van der Waals surface area contributed by atoms with Crippen molar-refractivity contribution >= 4 is 28.5 Å². The minimum atomic E-state index is -0.959. The normalized spacial score (nSPS) is 11.2. The number of benzene rings is 1. The lowest BCUT2D eigenvalue weighted by Gasteiger charge is -2.09. The molecule has 0 saturated heterocycles. The maximum Gasteiger partial charge on any atom is 0.336 e. The van der Waals surface area contributed by atoms with Gasteiger partial charge in [0.25, 0.3) is 0 Å². The molecule has 2 rings (SSSR count). The van der Waals surface area contributed by atoms with E-state index >= 15 is 0 Å². The minimum absolute atomic E-state index is 0.237. The zero-order chi connectivity index (χ0) is 14.2. The summed E-state index contributed by atoms with van der Waals surface area (Å²) in [6.45, 7) is 7.83. The first-order chi connectivity index (χ1) is 8.95. The Labute approximate surface area is 117 Å². The Morgan fingerprint density at radius 1 is 1.53 bits per heavy atom. The topological polar surface area (TPSA) is 42.2 Å². The molecule has 2 aromatic rings. The summed E-state index contributed by atoms with van der Waals surface area (Å²) < 4.78 is 2.05. The third-order valence-corrected chi connectivity index (χ3v) is 3.35. The van der Waals surface area contributed by atoms with Gasteiger partial charge in [-0.25, -0.2) is 4.79 Å². The van der Waals surface area contributed by atoms with E-state index in [0.717, 1.165) is 16.5 Å². The average Bonchev–Trinajstić information content (AvgIpc) is 2.67. The van der Waals surface area contributed by atoms with Gasteiger partial charge in [0, 0.05) is 22.6 Å². The molecule has 0 aliphatic rings. The highest BCUT2D eigenvalue weighted by Crippen LogP contribution is 2.31. The highest BCUT2D eigenvalue weighted by molar-refractivity contribution is 6.32. The number of aromatic nitrogens is 1. The molecule has 0 aliphatic heterocycles. The summed E-state index contributed by atoms with van der Waals surface area (Å²) in [7, 11) is 0. The predicted octanol–water partition coefficient (Wildman–Crippen LogP) is 4.30. The van der Waals surface area contributed by atoms with Crippen LogP contribution in [0.15, 0.2) is 31.0 Å². The molecule has 0 amide bonds. The molecule has 0 atom stereocenters. The fourth-order valence-corrected chi connectivity index (χ4v) is 2.55. The maximum absolute atomic E-state index is 11.4. The van der Waals surface area contributed by atoms with Crippen LogP contribution in [0.5, 0.6) is 0 Å². The van der Waals surface area contributed by atoms with Crippen LogP contribution >= 0.6 is 11.6 Å². The number of carboxylic acids is 1. The smallest absolute Gasteiger partial charge is 0.336 e. The molecule has 1 heterocycles. The van der Waals surface area contributed by atoms with Crippen LogP contribution in [0.3, 0.4) is 0 Å². The molecule has 0 bridgehead atoms. The summed E-state index contributed by atoms with van der Waals surface area (Å²) in [5.74, 6) is -0.959. The Morgan fingerprint density at radius 3 is 2.74 bits per heavy atom. The van der Waals surface area contributed by atoms with E-state index in [1.54, 1.807) is 6.08 Å². The first-order valence-electron chi connectivity index (χ1n) is 6.12. The second kappa shape index (κ2) is 5.10. The van der Waals surface area contributed by atoms with E-state index in [4.69, 9.17) is 11.6 Å². The third kappa shape index (κ3) is 2.38. The van der Waals surface area contributed by atoms with Crippen molar-refractivity contribution in [3.05, 3.63) is 47.1 Å². The number of aromatic carboxylic acids is 1. The van der Waals surface area contributed by atoms with Crippen molar-refractivity contribution in [1.82, 2.24) is 4.57 Å². The van der Waals surface area contributed by atoms with Gasteiger partial charge in [-0.2, -0.15) is 0 Å². The summed E-state index contributed by atoms with van der Waals surface area (Å²) in [5, 5.41) is 10.5. The molecule has 0 saturated carbocycles. The molecule has 1 aromatic heterocycles. The summed E-state index contributed by atoms with van der Waals surface area (Å²) >= 11 is 6.03. The van der Waals surface area contributed by atoms with Gasteiger partial charge in [0.05, 0.1) is 11.1 Å². The molecule has 0 spiro atoms. The maximum atomic E-state index is 11.4. The quantitative estimate of drug-likeness (QED) is 0.847. The van der Waals surface area contributed by atoms with Crippen LogP contribution in [0.25, 0.3) is 10.9 Å². The predicted molar refractivity (Wildman–Crippen MR) is 78.2 cm³/mol. The first-order valence-corrected chi connectivity index (χ1v) is 6.50. The molecule has 0 fully saturated rings. The number of allylic oxidation sites excluding steroid dienone is 1. The first kappa shape index (κ1) is 13.7. The van der Waals surface area contributed by atoms with Gasteiger partial charge in [0.2, 0.25) is 0 Å². The monoisotopic (exact) mass is 277 g/mol. The summed E-state index contributed by atoms with van der Waals surface area (Å²) in [4.78, 5) is 11.4. The van der Waals surface area contributed by atoms with Crippen molar-refractivity contribution in [2.75, 3.05) is 0 Å². The highest BCUT2D eigenvalue weighted by atomic mass is 35.5. The molecule has 3 nitrogen and oxygen atoms in total. The lowest BCUT2D eigenvalue weighted by molar-refractivity contribution is 0.0699. The van der Waals surface area contributed by atoms with Crippen LogP contribution in [0, 0.1) is 0 Å². The van der Waals surface area contributed by atoms with Gasteiger partial charge in [-0.05, 0) is 38.0 Å². The molecule has 1 aromatic carbocycles. The van der Waals surface area contributed by atoms with E-state index in [2.05, 4.69) is 20.4 Å². The van der Waals surface area contributed by atoms with Gasteiger partial charge in [-0.1, -0.05) is 17.7 Å². The van der Waals surface area contributed by atoms with E-state index in [-0.39, 0.29) is 11.6 Å². The largest absolute Gasteiger partial charge is 0.478 e. The van der Waals surface area contributed by atoms with Gasteiger partial charge >= 0.3 is 5.97 Å². The Hall–Kier alpha value is -1.74. The summed E-state index contributed by atoms with van der Waals surface area (Å²) in [6, 6.07) is 3.56.